The number of benzene rings is 3. The van der Waals surface area contributed by atoms with E-state index in [0.29, 0.717) is 55.1 Å². The Morgan fingerprint density at radius 2 is 1.60 bits per heavy atom. The molecule has 0 fully saturated rings. The van der Waals surface area contributed by atoms with Gasteiger partial charge in [-0.2, -0.15) is 0 Å². The quantitative estimate of drug-likeness (QED) is 0.252. The van der Waals surface area contributed by atoms with Crippen molar-refractivity contribution in [1.82, 2.24) is 20.2 Å². The molecular weight excluding hydrogens is 515 g/mol. The number of aromatic nitrogens is 4. The van der Waals surface area contributed by atoms with Crippen LogP contribution in [0.5, 0.6) is 5.75 Å². The highest BCUT2D eigenvalue weighted by atomic mass is 35.5. The van der Waals surface area contributed by atoms with E-state index >= 15 is 0 Å². The zero-order valence-electron chi connectivity index (χ0n) is 18.0. The minimum Gasteiger partial charge on any atom is -0.482 e. The molecule has 3 aromatic carbocycles. The SMILES string of the molecule is COC(=O)COc1cc(Cl)c(-c2nc3ccc(-c4nnc(-c5ccc(Cl)cc5)o4)cc3[nH]2)c(Cl)c1. The Kier molecular flexibility index (Phi) is 6.34. The highest BCUT2D eigenvalue weighted by Crippen LogP contribution is 2.38. The van der Waals surface area contributed by atoms with Gasteiger partial charge in [-0.05, 0) is 54.6 Å². The van der Waals surface area contributed by atoms with Gasteiger partial charge in [0.15, 0.2) is 6.61 Å². The average molecular weight is 530 g/mol. The van der Waals surface area contributed by atoms with Gasteiger partial charge in [-0.15, -0.1) is 10.2 Å². The maximum atomic E-state index is 11.3. The smallest absolute Gasteiger partial charge is 0.343 e. The topological polar surface area (TPSA) is 103 Å². The lowest BCUT2D eigenvalue weighted by Gasteiger charge is -2.09. The standard InChI is InChI=1S/C24H15Cl3N4O4/c1-33-20(32)11-34-15-9-16(26)21(17(27)10-15)22-28-18-7-4-13(8-19(18)29-22)24-31-30-23(35-24)12-2-5-14(25)6-3-12/h2-10H,11H2,1H3,(H,28,29). The number of ether oxygens (including phenoxy) is 2. The maximum Gasteiger partial charge on any atom is 0.343 e. The fourth-order valence-electron chi connectivity index (χ4n) is 3.37. The summed E-state index contributed by atoms with van der Waals surface area (Å²) in [6.07, 6.45) is 0. The van der Waals surface area contributed by atoms with Gasteiger partial charge in [-0.1, -0.05) is 34.8 Å². The van der Waals surface area contributed by atoms with Gasteiger partial charge in [0, 0.05) is 16.1 Å². The minimum absolute atomic E-state index is 0.259. The molecule has 2 aromatic heterocycles. The highest BCUT2D eigenvalue weighted by molar-refractivity contribution is 6.39. The molecule has 1 N–H and O–H groups in total. The van der Waals surface area contributed by atoms with Crippen molar-refractivity contribution in [3.63, 3.8) is 0 Å². The van der Waals surface area contributed by atoms with Crippen molar-refractivity contribution in [2.75, 3.05) is 13.7 Å². The van der Waals surface area contributed by atoms with Gasteiger partial charge in [0.2, 0.25) is 11.8 Å². The molecule has 2 heterocycles. The number of nitrogens with zero attached hydrogens (tertiary/aromatic N) is 3. The van der Waals surface area contributed by atoms with Crippen molar-refractivity contribution in [1.29, 1.82) is 0 Å². The molecule has 5 rings (SSSR count). The molecule has 11 heteroatoms. The Bertz CT molecular complexity index is 1520. The zero-order valence-corrected chi connectivity index (χ0v) is 20.3. The molecule has 0 unspecified atom stereocenters. The summed E-state index contributed by atoms with van der Waals surface area (Å²) in [5, 5.41) is 9.52. The fraction of sp³-hybridized carbons (Fsp3) is 0.0833. The Balaban J connectivity index is 1.44. The van der Waals surface area contributed by atoms with E-state index in [1.807, 2.05) is 30.3 Å². The van der Waals surface area contributed by atoms with Crippen LogP contribution in [0.15, 0.2) is 59.0 Å². The normalized spacial score (nSPS) is 11.1. The Hall–Kier alpha value is -3.59. The number of carbonyl (C=O) groups is 1. The number of H-pyrrole nitrogens is 1. The van der Waals surface area contributed by atoms with Crippen molar-refractivity contribution in [3.05, 3.63) is 69.7 Å². The molecule has 176 valence electrons. The first-order valence-electron chi connectivity index (χ1n) is 10.2. The number of carbonyl (C=O) groups excluding carboxylic acids is 1. The van der Waals surface area contributed by atoms with Gasteiger partial charge in [-0.3, -0.25) is 0 Å². The largest absolute Gasteiger partial charge is 0.482 e. The monoisotopic (exact) mass is 528 g/mol. The summed E-state index contributed by atoms with van der Waals surface area (Å²) in [7, 11) is 1.28. The molecule has 0 saturated heterocycles. The first-order chi connectivity index (χ1) is 16.9. The Labute approximate surface area is 213 Å². The zero-order chi connectivity index (χ0) is 24.5. The number of imidazole rings is 1. The van der Waals surface area contributed by atoms with Crippen molar-refractivity contribution in [3.8, 4) is 40.0 Å². The number of methoxy groups -OCH3 is 1. The first-order valence-corrected chi connectivity index (χ1v) is 11.3. The molecule has 0 radical (unpaired) electrons. The molecule has 0 aliphatic heterocycles. The van der Waals surface area contributed by atoms with Crippen LogP contribution in [0.25, 0.3) is 45.3 Å². The van der Waals surface area contributed by atoms with Gasteiger partial charge < -0.3 is 18.9 Å². The van der Waals surface area contributed by atoms with Crippen molar-refractivity contribution in [2.45, 2.75) is 0 Å². The summed E-state index contributed by atoms with van der Waals surface area (Å²) in [6.45, 7) is -0.259. The summed E-state index contributed by atoms with van der Waals surface area (Å²) in [4.78, 5) is 19.1. The average Bonchev–Trinajstić information content (AvgIpc) is 3.49. The number of aromatic amines is 1. The van der Waals surface area contributed by atoms with Crippen LogP contribution in [0.4, 0.5) is 0 Å². The summed E-state index contributed by atoms with van der Waals surface area (Å²) < 4.78 is 15.8. The van der Waals surface area contributed by atoms with E-state index in [2.05, 4.69) is 24.9 Å². The Morgan fingerprint density at radius 1 is 0.943 bits per heavy atom. The summed E-state index contributed by atoms with van der Waals surface area (Å²) in [6, 6.07) is 15.8. The van der Waals surface area contributed by atoms with Crippen LogP contribution in [0.2, 0.25) is 15.1 Å². The van der Waals surface area contributed by atoms with Gasteiger partial charge in [-0.25, -0.2) is 9.78 Å². The molecule has 5 aromatic rings. The predicted octanol–water partition coefficient (Wildman–Crippen LogP) is 6.46. The lowest BCUT2D eigenvalue weighted by molar-refractivity contribution is -0.142. The van der Waals surface area contributed by atoms with Crippen LogP contribution in [0.3, 0.4) is 0 Å². The van der Waals surface area contributed by atoms with E-state index in [9.17, 15) is 4.79 Å². The van der Waals surface area contributed by atoms with Crippen LogP contribution in [0, 0.1) is 0 Å². The third-order valence-corrected chi connectivity index (χ3v) is 5.93. The summed E-state index contributed by atoms with van der Waals surface area (Å²) in [5.41, 5.74) is 3.39. The van der Waals surface area contributed by atoms with Crippen LogP contribution in [-0.4, -0.2) is 39.9 Å². The Morgan fingerprint density at radius 3 is 2.29 bits per heavy atom. The molecule has 0 aliphatic carbocycles. The maximum absolute atomic E-state index is 11.3. The number of nitrogens with one attached hydrogen (secondary N) is 1. The number of rotatable bonds is 6. The van der Waals surface area contributed by atoms with E-state index in [-0.39, 0.29) is 6.61 Å². The van der Waals surface area contributed by atoms with Gasteiger partial charge in [0.05, 0.1) is 33.8 Å². The van der Waals surface area contributed by atoms with Crippen LogP contribution >= 0.6 is 34.8 Å². The molecular formula is C24H15Cl3N4O4. The second-order valence-electron chi connectivity index (χ2n) is 7.36. The van der Waals surface area contributed by atoms with Crippen LogP contribution in [0.1, 0.15) is 0 Å². The fourth-order valence-corrected chi connectivity index (χ4v) is 4.14. The highest BCUT2D eigenvalue weighted by Gasteiger charge is 2.17. The van der Waals surface area contributed by atoms with E-state index < -0.39 is 5.97 Å². The molecule has 0 amide bonds. The van der Waals surface area contributed by atoms with E-state index in [1.165, 1.54) is 7.11 Å². The predicted molar refractivity (Wildman–Crippen MR) is 133 cm³/mol. The van der Waals surface area contributed by atoms with E-state index in [0.717, 1.165) is 11.1 Å². The van der Waals surface area contributed by atoms with Gasteiger partial charge in [0.1, 0.15) is 11.6 Å². The van der Waals surface area contributed by atoms with Crippen molar-refractivity contribution in [2.24, 2.45) is 0 Å². The summed E-state index contributed by atoms with van der Waals surface area (Å²) >= 11 is 18.9. The molecule has 0 spiro atoms. The van der Waals surface area contributed by atoms with Crippen molar-refractivity contribution >= 4 is 51.8 Å². The lowest BCUT2D eigenvalue weighted by Crippen LogP contribution is -2.12. The van der Waals surface area contributed by atoms with Crippen molar-refractivity contribution < 1.29 is 18.7 Å². The second-order valence-corrected chi connectivity index (χ2v) is 8.61. The van der Waals surface area contributed by atoms with Crippen LogP contribution < -0.4 is 4.74 Å². The third kappa shape index (κ3) is 4.81. The molecule has 0 saturated carbocycles. The van der Waals surface area contributed by atoms with E-state index in [1.54, 1.807) is 24.3 Å². The molecule has 0 bridgehead atoms. The minimum atomic E-state index is -0.518. The van der Waals surface area contributed by atoms with Gasteiger partial charge >= 0.3 is 5.97 Å². The molecule has 0 aliphatic rings. The second kappa shape index (κ2) is 9.58. The number of halogens is 3. The van der Waals surface area contributed by atoms with Gasteiger partial charge in [0.25, 0.3) is 0 Å². The number of esters is 1. The lowest BCUT2D eigenvalue weighted by atomic mass is 10.2. The third-order valence-electron chi connectivity index (χ3n) is 5.08. The summed E-state index contributed by atoms with van der Waals surface area (Å²) in [5.74, 6) is 1.03. The molecule has 35 heavy (non-hydrogen) atoms. The number of hydrogen-bond acceptors (Lipinski definition) is 7. The molecule has 0 atom stereocenters. The van der Waals surface area contributed by atoms with Crippen LogP contribution in [-0.2, 0) is 9.53 Å². The number of fused-ring (bicyclic) bond motifs is 1. The molecule has 8 nitrogen and oxygen atoms in total. The number of hydrogen-bond donors (Lipinski definition) is 1. The van der Waals surface area contributed by atoms with E-state index in [4.69, 9.17) is 44.0 Å². The first kappa shape index (κ1) is 23.2.